The smallest absolute Gasteiger partial charge is 0.116 e. The summed E-state index contributed by atoms with van der Waals surface area (Å²) in [4.78, 5) is 0. The highest BCUT2D eigenvalue weighted by atomic mass is 16.3. The van der Waals surface area contributed by atoms with Crippen LogP contribution in [0.5, 0.6) is 5.75 Å². The summed E-state index contributed by atoms with van der Waals surface area (Å²) in [5.41, 5.74) is 1.32. The molecular weight excluding hydrogens is 224 g/mol. The van der Waals surface area contributed by atoms with Crippen LogP contribution in [0.3, 0.4) is 0 Å². The Morgan fingerprint density at radius 2 is 1.94 bits per heavy atom. The number of phenolic OH excluding ortho intramolecular Hbond substituents is 1. The van der Waals surface area contributed by atoms with Gasteiger partial charge in [-0.2, -0.15) is 0 Å². The molecule has 2 nitrogen and oxygen atoms in total. The molecular formula is C16H22O2. The summed E-state index contributed by atoms with van der Waals surface area (Å²) in [5.74, 6) is 0.267. The average molecular weight is 246 g/mol. The standard InChI is InChI=1S/C16H22O2/c1-4-16(18,5-2)11-7-8-13(3)14-9-6-10-15(17)12-14/h6-12,17-18H,4-5H2,1-3H3/b11-7+,13-8+. The van der Waals surface area contributed by atoms with E-state index in [-0.39, 0.29) is 5.75 Å². The van der Waals surface area contributed by atoms with Crippen LogP contribution in [0.1, 0.15) is 39.2 Å². The van der Waals surface area contributed by atoms with Crippen molar-refractivity contribution >= 4 is 5.57 Å². The van der Waals surface area contributed by atoms with Gasteiger partial charge in [-0.15, -0.1) is 0 Å². The van der Waals surface area contributed by atoms with E-state index < -0.39 is 5.60 Å². The molecule has 0 aliphatic rings. The summed E-state index contributed by atoms with van der Waals surface area (Å²) in [6, 6.07) is 7.15. The lowest BCUT2D eigenvalue weighted by molar-refractivity contribution is 0.0828. The average Bonchev–Trinajstić information content (AvgIpc) is 2.38. The molecule has 0 aromatic heterocycles. The SMILES string of the molecule is CCC(O)(/C=C/C=C(\C)c1cccc(O)c1)CC. The quantitative estimate of drug-likeness (QED) is 0.773. The number of hydrogen-bond acceptors (Lipinski definition) is 2. The number of aromatic hydroxyl groups is 1. The van der Waals surface area contributed by atoms with E-state index >= 15 is 0 Å². The Morgan fingerprint density at radius 3 is 2.50 bits per heavy atom. The first kappa shape index (κ1) is 14.5. The summed E-state index contributed by atoms with van der Waals surface area (Å²) in [6.07, 6.45) is 7.08. The first-order valence-corrected chi connectivity index (χ1v) is 6.38. The van der Waals surface area contributed by atoms with Crippen LogP contribution in [0.15, 0.2) is 42.5 Å². The fraction of sp³-hybridized carbons (Fsp3) is 0.375. The normalized spacial score (nSPS) is 13.2. The van der Waals surface area contributed by atoms with Crippen LogP contribution in [0.25, 0.3) is 5.57 Å². The van der Waals surface area contributed by atoms with Gasteiger partial charge in [0.1, 0.15) is 5.75 Å². The molecule has 98 valence electrons. The van der Waals surface area contributed by atoms with Gasteiger partial charge in [0.15, 0.2) is 0 Å². The van der Waals surface area contributed by atoms with E-state index in [1.807, 2.05) is 51.1 Å². The third-order valence-corrected chi connectivity index (χ3v) is 3.28. The zero-order valence-corrected chi connectivity index (χ0v) is 11.4. The van der Waals surface area contributed by atoms with Crippen LogP contribution in [-0.2, 0) is 0 Å². The van der Waals surface area contributed by atoms with Gasteiger partial charge in [0, 0.05) is 0 Å². The molecule has 2 heteroatoms. The summed E-state index contributed by atoms with van der Waals surface area (Å²) in [5, 5.41) is 19.5. The van der Waals surface area contributed by atoms with E-state index in [4.69, 9.17) is 0 Å². The Morgan fingerprint density at radius 1 is 1.28 bits per heavy atom. The highest BCUT2D eigenvalue weighted by molar-refractivity contribution is 5.66. The topological polar surface area (TPSA) is 40.5 Å². The molecule has 0 saturated carbocycles. The minimum absolute atomic E-state index is 0.267. The summed E-state index contributed by atoms with van der Waals surface area (Å²) >= 11 is 0. The third-order valence-electron chi connectivity index (χ3n) is 3.28. The largest absolute Gasteiger partial charge is 0.508 e. The van der Waals surface area contributed by atoms with E-state index in [1.54, 1.807) is 12.1 Å². The van der Waals surface area contributed by atoms with Crippen LogP contribution in [0.2, 0.25) is 0 Å². The number of rotatable bonds is 5. The second kappa shape index (κ2) is 6.41. The lowest BCUT2D eigenvalue weighted by atomic mass is 9.96. The molecule has 2 N–H and O–H groups in total. The summed E-state index contributed by atoms with van der Waals surface area (Å²) in [6.45, 7) is 5.93. The minimum atomic E-state index is -0.713. The second-order valence-corrected chi connectivity index (χ2v) is 4.57. The fourth-order valence-corrected chi connectivity index (χ4v) is 1.70. The van der Waals surface area contributed by atoms with Gasteiger partial charge in [0.2, 0.25) is 0 Å². The zero-order chi connectivity index (χ0) is 13.6. The molecule has 0 aliphatic carbocycles. The van der Waals surface area contributed by atoms with Crippen LogP contribution >= 0.6 is 0 Å². The van der Waals surface area contributed by atoms with Crippen molar-refractivity contribution in [3.05, 3.63) is 48.1 Å². The van der Waals surface area contributed by atoms with Gasteiger partial charge in [-0.3, -0.25) is 0 Å². The maximum atomic E-state index is 10.1. The first-order chi connectivity index (χ1) is 8.50. The molecule has 0 heterocycles. The second-order valence-electron chi connectivity index (χ2n) is 4.57. The van der Waals surface area contributed by atoms with Gasteiger partial charge in [0.05, 0.1) is 5.60 Å². The number of benzene rings is 1. The first-order valence-electron chi connectivity index (χ1n) is 6.38. The van der Waals surface area contributed by atoms with E-state index in [0.717, 1.165) is 11.1 Å². The molecule has 0 saturated heterocycles. The predicted molar refractivity (Wildman–Crippen MR) is 76.4 cm³/mol. The van der Waals surface area contributed by atoms with Crippen molar-refractivity contribution in [2.24, 2.45) is 0 Å². The molecule has 1 aromatic carbocycles. The third kappa shape index (κ3) is 4.04. The van der Waals surface area contributed by atoms with E-state index in [9.17, 15) is 10.2 Å². The van der Waals surface area contributed by atoms with Gasteiger partial charge in [-0.1, -0.05) is 44.2 Å². The molecule has 0 fully saturated rings. The maximum Gasteiger partial charge on any atom is 0.116 e. The molecule has 0 radical (unpaired) electrons. The molecule has 1 rings (SSSR count). The number of hydrogen-bond donors (Lipinski definition) is 2. The van der Waals surface area contributed by atoms with Gasteiger partial charge >= 0.3 is 0 Å². The van der Waals surface area contributed by atoms with Gasteiger partial charge in [-0.25, -0.2) is 0 Å². The zero-order valence-electron chi connectivity index (χ0n) is 11.4. The van der Waals surface area contributed by atoms with E-state index in [2.05, 4.69) is 0 Å². The Balaban J connectivity index is 2.82. The summed E-state index contributed by atoms with van der Waals surface area (Å²) < 4.78 is 0. The van der Waals surface area contributed by atoms with Crippen molar-refractivity contribution in [1.29, 1.82) is 0 Å². The molecule has 18 heavy (non-hydrogen) atoms. The molecule has 0 aliphatic heterocycles. The molecule has 0 bridgehead atoms. The van der Waals surface area contributed by atoms with Crippen molar-refractivity contribution < 1.29 is 10.2 Å². The number of aliphatic hydroxyl groups is 1. The summed E-state index contributed by atoms with van der Waals surface area (Å²) in [7, 11) is 0. The molecule has 0 unspecified atom stereocenters. The number of allylic oxidation sites excluding steroid dienone is 3. The van der Waals surface area contributed by atoms with Crippen LogP contribution < -0.4 is 0 Å². The minimum Gasteiger partial charge on any atom is -0.508 e. The highest BCUT2D eigenvalue weighted by Gasteiger charge is 2.16. The Bertz CT molecular complexity index is 440. The van der Waals surface area contributed by atoms with Gasteiger partial charge in [0.25, 0.3) is 0 Å². The van der Waals surface area contributed by atoms with Crippen LogP contribution in [0.4, 0.5) is 0 Å². The monoisotopic (exact) mass is 246 g/mol. The van der Waals surface area contributed by atoms with Crippen molar-refractivity contribution in [3.63, 3.8) is 0 Å². The van der Waals surface area contributed by atoms with Crippen LogP contribution in [-0.4, -0.2) is 15.8 Å². The highest BCUT2D eigenvalue weighted by Crippen LogP contribution is 2.20. The Hall–Kier alpha value is -1.54. The van der Waals surface area contributed by atoms with Crippen molar-refractivity contribution in [1.82, 2.24) is 0 Å². The molecule has 1 aromatic rings. The van der Waals surface area contributed by atoms with Crippen molar-refractivity contribution in [2.75, 3.05) is 0 Å². The van der Waals surface area contributed by atoms with E-state index in [0.29, 0.717) is 12.8 Å². The lowest BCUT2D eigenvalue weighted by Crippen LogP contribution is -2.22. The van der Waals surface area contributed by atoms with E-state index in [1.165, 1.54) is 0 Å². The van der Waals surface area contributed by atoms with Crippen molar-refractivity contribution in [3.8, 4) is 5.75 Å². The number of phenols is 1. The lowest BCUT2D eigenvalue weighted by Gasteiger charge is -2.19. The molecule has 0 amide bonds. The fourth-order valence-electron chi connectivity index (χ4n) is 1.70. The van der Waals surface area contributed by atoms with Crippen LogP contribution in [0, 0.1) is 0 Å². The Kier molecular flexibility index (Phi) is 5.17. The Labute approximate surface area is 109 Å². The maximum absolute atomic E-state index is 10.1. The van der Waals surface area contributed by atoms with Gasteiger partial charge in [-0.05, 0) is 43.0 Å². The predicted octanol–water partition coefficient (Wildman–Crippen LogP) is 3.90. The van der Waals surface area contributed by atoms with Crippen molar-refractivity contribution in [2.45, 2.75) is 39.2 Å². The molecule has 0 atom stereocenters. The van der Waals surface area contributed by atoms with Gasteiger partial charge < -0.3 is 10.2 Å². The molecule has 0 spiro atoms.